The standard InChI is InChI=1S/C27H20F7N3O4/c1-25(15-8-16(26(29,30)31)10-17(9-15)27(32,33)34)13-41-24(38)36(25)12-23-19(5-7-22(35-23)14-2-3-14)20-11-18(37(39)40)4-6-21(20)28/h4-11,14H,2-3,12-13H2,1H3. The third-order valence-electron chi connectivity index (χ3n) is 7.25. The Balaban J connectivity index is 1.63. The van der Waals surface area contributed by atoms with E-state index in [1.54, 1.807) is 6.07 Å². The first-order valence-corrected chi connectivity index (χ1v) is 12.3. The van der Waals surface area contributed by atoms with Crippen molar-refractivity contribution in [1.29, 1.82) is 0 Å². The molecule has 1 saturated heterocycles. The van der Waals surface area contributed by atoms with Gasteiger partial charge in [-0.3, -0.25) is 20.0 Å². The average Bonchev–Trinajstić information content (AvgIpc) is 3.70. The van der Waals surface area contributed by atoms with Crippen LogP contribution in [-0.2, 0) is 29.2 Å². The van der Waals surface area contributed by atoms with Gasteiger partial charge in [0.25, 0.3) is 5.69 Å². The number of carbonyl (C=O) groups is 1. The summed E-state index contributed by atoms with van der Waals surface area (Å²) in [4.78, 5) is 29.0. The first-order chi connectivity index (χ1) is 19.1. The quantitative estimate of drug-likeness (QED) is 0.170. The molecule has 1 unspecified atom stereocenters. The fourth-order valence-electron chi connectivity index (χ4n) is 4.78. The number of nitrogens with zero attached hydrogens (tertiary/aromatic N) is 3. The van der Waals surface area contributed by atoms with Crippen LogP contribution in [0, 0.1) is 15.9 Å². The van der Waals surface area contributed by atoms with Crippen LogP contribution in [0.2, 0.25) is 0 Å². The topological polar surface area (TPSA) is 85.6 Å². The van der Waals surface area contributed by atoms with E-state index in [1.165, 1.54) is 13.0 Å². The van der Waals surface area contributed by atoms with E-state index < -0.39 is 70.3 Å². The maximum absolute atomic E-state index is 14.9. The summed E-state index contributed by atoms with van der Waals surface area (Å²) < 4.78 is 102. The third kappa shape index (κ3) is 5.42. The van der Waals surface area contributed by atoms with Crippen molar-refractivity contribution in [2.24, 2.45) is 0 Å². The number of pyridine rings is 1. The SMILES string of the molecule is CC1(c2cc(C(F)(F)F)cc(C(F)(F)F)c2)COC(=O)N1Cc1nc(C2CC2)ccc1-c1cc([N+](=O)[O-])ccc1F. The Kier molecular flexibility index (Phi) is 6.70. The van der Waals surface area contributed by atoms with Gasteiger partial charge in [-0.25, -0.2) is 9.18 Å². The molecule has 1 amide bonds. The predicted molar refractivity (Wildman–Crippen MR) is 129 cm³/mol. The van der Waals surface area contributed by atoms with Crippen LogP contribution >= 0.6 is 0 Å². The van der Waals surface area contributed by atoms with Crippen molar-refractivity contribution in [2.75, 3.05) is 6.61 Å². The number of alkyl halides is 6. The highest BCUT2D eigenvalue weighted by atomic mass is 19.4. The molecule has 1 aliphatic carbocycles. The van der Waals surface area contributed by atoms with Gasteiger partial charge in [-0.1, -0.05) is 6.07 Å². The van der Waals surface area contributed by atoms with Crippen LogP contribution in [0.3, 0.4) is 0 Å². The van der Waals surface area contributed by atoms with Gasteiger partial charge in [-0.2, -0.15) is 26.3 Å². The molecular formula is C27H20F7N3O4. The van der Waals surface area contributed by atoms with E-state index in [4.69, 9.17) is 4.74 Å². The lowest BCUT2D eigenvalue weighted by Crippen LogP contribution is -2.42. The normalized spacial score (nSPS) is 19.4. The van der Waals surface area contributed by atoms with E-state index in [2.05, 4.69) is 4.98 Å². The summed E-state index contributed by atoms with van der Waals surface area (Å²) in [5, 5.41) is 11.3. The van der Waals surface area contributed by atoms with Crippen molar-refractivity contribution in [3.8, 4) is 11.1 Å². The molecule has 1 aromatic heterocycles. The van der Waals surface area contributed by atoms with Gasteiger partial charge in [-0.05, 0) is 55.7 Å². The predicted octanol–water partition coefficient (Wildman–Crippen LogP) is 7.58. The fraction of sp³-hybridized carbons (Fsp3) is 0.333. The minimum absolute atomic E-state index is 0.0152. The van der Waals surface area contributed by atoms with Crippen LogP contribution in [0.5, 0.6) is 0 Å². The van der Waals surface area contributed by atoms with Gasteiger partial charge < -0.3 is 4.74 Å². The van der Waals surface area contributed by atoms with Crippen molar-refractivity contribution >= 4 is 11.8 Å². The largest absolute Gasteiger partial charge is 0.447 e. The number of carbonyl (C=O) groups excluding carboxylic acids is 1. The van der Waals surface area contributed by atoms with Crippen LogP contribution in [0.4, 0.5) is 41.2 Å². The van der Waals surface area contributed by atoms with Gasteiger partial charge in [0.05, 0.1) is 28.3 Å². The smallest absolute Gasteiger partial charge is 0.416 e. The second-order valence-corrected chi connectivity index (χ2v) is 10.1. The lowest BCUT2D eigenvalue weighted by atomic mass is 9.88. The molecular weight excluding hydrogens is 563 g/mol. The minimum atomic E-state index is -5.12. The third-order valence-corrected chi connectivity index (χ3v) is 7.25. The molecule has 0 bridgehead atoms. The lowest BCUT2D eigenvalue weighted by Gasteiger charge is -2.33. The maximum Gasteiger partial charge on any atom is 0.416 e. The number of hydrogen-bond acceptors (Lipinski definition) is 5. The Morgan fingerprint density at radius 1 is 1.00 bits per heavy atom. The Labute approximate surface area is 227 Å². The number of benzene rings is 2. The molecule has 1 atom stereocenters. The zero-order valence-electron chi connectivity index (χ0n) is 21.1. The number of amides is 1. The van der Waals surface area contributed by atoms with Crippen molar-refractivity contribution < 1.29 is 45.2 Å². The molecule has 2 heterocycles. The first-order valence-electron chi connectivity index (χ1n) is 12.3. The fourth-order valence-corrected chi connectivity index (χ4v) is 4.78. The van der Waals surface area contributed by atoms with Crippen LogP contribution in [0.15, 0.2) is 48.5 Å². The van der Waals surface area contributed by atoms with E-state index >= 15 is 0 Å². The molecule has 3 aromatic rings. The van der Waals surface area contributed by atoms with E-state index in [0.717, 1.165) is 35.9 Å². The molecule has 14 heteroatoms. The monoisotopic (exact) mass is 583 g/mol. The molecule has 2 aliphatic rings. The van der Waals surface area contributed by atoms with E-state index in [9.17, 15) is 45.6 Å². The van der Waals surface area contributed by atoms with Gasteiger partial charge in [0.2, 0.25) is 0 Å². The number of rotatable bonds is 6. The van der Waals surface area contributed by atoms with Crippen molar-refractivity contribution in [2.45, 2.75) is 50.1 Å². The summed E-state index contributed by atoms with van der Waals surface area (Å²) in [7, 11) is 0. The summed E-state index contributed by atoms with van der Waals surface area (Å²) >= 11 is 0. The summed E-state index contributed by atoms with van der Waals surface area (Å²) in [5.74, 6) is -0.759. The highest BCUT2D eigenvalue weighted by Gasteiger charge is 2.48. The summed E-state index contributed by atoms with van der Waals surface area (Å²) in [6.45, 7) is 0.185. The van der Waals surface area contributed by atoms with Crippen LogP contribution in [0.25, 0.3) is 11.1 Å². The molecule has 2 fully saturated rings. The minimum Gasteiger partial charge on any atom is -0.447 e. The van der Waals surface area contributed by atoms with E-state index in [1.807, 2.05) is 0 Å². The van der Waals surface area contributed by atoms with Crippen molar-refractivity contribution in [3.05, 3.63) is 92.5 Å². The molecule has 7 nitrogen and oxygen atoms in total. The number of nitro groups is 1. The highest BCUT2D eigenvalue weighted by molar-refractivity contribution is 5.74. The van der Waals surface area contributed by atoms with Gasteiger partial charge in [0, 0.05) is 34.9 Å². The zero-order valence-corrected chi connectivity index (χ0v) is 21.1. The Morgan fingerprint density at radius 2 is 1.63 bits per heavy atom. The van der Waals surface area contributed by atoms with E-state index in [-0.39, 0.29) is 28.8 Å². The maximum atomic E-state index is 14.9. The summed E-state index contributed by atoms with van der Waals surface area (Å²) in [6.07, 6.45) is -9.65. The second-order valence-electron chi connectivity index (χ2n) is 10.1. The summed E-state index contributed by atoms with van der Waals surface area (Å²) in [6, 6.07) is 6.96. The molecule has 2 aromatic carbocycles. The number of halogens is 7. The number of cyclic esters (lactones) is 1. The molecule has 216 valence electrons. The second kappa shape index (κ2) is 9.70. The van der Waals surface area contributed by atoms with Crippen molar-refractivity contribution in [3.63, 3.8) is 0 Å². The zero-order chi connectivity index (χ0) is 29.9. The Hall–Kier alpha value is -4.23. The number of aromatic nitrogens is 1. The first kappa shape index (κ1) is 28.3. The van der Waals surface area contributed by atoms with E-state index in [0.29, 0.717) is 17.8 Å². The molecule has 0 radical (unpaired) electrons. The molecule has 5 rings (SSSR count). The molecule has 0 spiro atoms. The Morgan fingerprint density at radius 3 is 2.20 bits per heavy atom. The Bertz CT molecular complexity index is 1520. The van der Waals surface area contributed by atoms with Crippen LogP contribution in [0.1, 0.15) is 53.8 Å². The average molecular weight is 583 g/mol. The van der Waals surface area contributed by atoms with Crippen molar-refractivity contribution in [1.82, 2.24) is 9.88 Å². The highest BCUT2D eigenvalue weighted by Crippen LogP contribution is 2.44. The number of hydrogen-bond donors (Lipinski definition) is 0. The van der Waals surface area contributed by atoms with Crippen LogP contribution in [-0.4, -0.2) is 27.5 Å². The summed E-state index contributed by atoms with van der Waals surface area (Å²) in [5.41, 5.74) is -5.35. The van der Waals surface area contributed by atoms with Gasteiger partial charge in [-0.15, -0.1) is 0 Å². The molecule has 1 aliphatic heterocycles. The number of non-ortho nitro benzene ring substituents is 1. The number of nitro benzene ring substituents is 1. The molecule has 1 saturated carbocycles. The van der Waals surface area contributed by atoms with Gasteiger partial charge >= 0.3 is 18.4 Å². The number of ether oxygens (including phenoxy) is 1. The molecule has 41 heavy (non-hydrogen) atoms. The van der Waals surface area contributed by atoms with Gasteiger partial charge in [0.1, 0.15) is 18.0 Å². The van der Waals surface area contributed by atoms with Crippen LogP contribution < -0.4 is 0 Å². The van der Waals surface area contributed by atoms with Gasteiger partial charge in [0.15, 0.2) is 0 Å². The molecule has 0 N–H and O–H groups in total. The lowest BCUT2D eigenvalue weighted by molar-refractivity contribution is -0.384.